The van der Waals surface area contributed by atoms with Gasteiger partial charge in [0.2, 0.25) is 0 Å². The van der Waals surface area contributed by atoms with Crippen molar-refractivity contribution in [1.29, 1.82) is 0 Å². The summed E-state index contributed by atoms with van der Waals surface area (Å²) in [4.78, 5) is 0. The molecule has 0 unspecified atom stereocenters. The summed E-state index contributed by atoms with van der Waals surface area (Å²) in [7, 11) is 1.12. The molecule has 1 rings (SSSR count). The van der Waals surface area contributed by atoms with Gasteiger partial charge in [-0.3, -0.25) is 0 Å². The van der Waals surface area contributed by atoms with Gasteiger partial charge in [0.15, 0.2) is 0 Å². The van der Waals surface area contributed by atoms with Gasteiger partial charge in [-0.05, 0) is 11.5 Å². The number of hydrogen-bond acceptors (Lipinski definition) is 1. The lowest BCUT2D eigenvalue weighted by atomic mass is 9.87. The SMILES string of the molecule is CC(C)c1ccc([B]O)cc1. The van der Waals surface area contributed by atoms with E-state index in [1.54, 1.807) is 0 Å². The molecule has 0 fully saturated rings. The van der Waals surface area contributed by atoms with E-state index in [2.05, 4.69) is 13.8 Å². The first-order chi connectivity index (χ1) is 5.24. The zero-order chi connectivity index (χ0) is 8.27. The largest absolute Gasteiger partial charge is 0.450 e. The number of hydrogen-bond donors (Lipinski definition) is 1. The third kappa shape index (κ3) is 2.09. The molecular formula is C9H12BO. The fraction of sp³-hybridized carbons (Fsp3) is 0.333. The van der Waals surface area contributed by atoms with E-state index in [9.17, 15) is 0 Å². The van der Waals surface area contributed by atoms with Gasteiger partial charge in [-0.25, -0.2) is 0 Å². The monoisotopic (exact) mass is 147 g/mol. The molecule has 11 heavy (non-hydrogen) atoms. The summed E-state index contributed by atoms with van der Waals surface area (Å²) in [5, 5.41) is 8.64. The van der Waals surface area contributed by atoms with Gasteiger partial charge in [-0.15, -0.1) is 0 Å². The van der Waals surface area contributed by atoms with Crippen molar-refractivity contribution in [2.45, 2.75) is 19.8 Å². The van der Waals surface area contributed by atoms with Crippen LogP contribution in [0.3, 0.4) is 0 Å². The average Bonchev–Trinajstić information content (AvgIpc) is 2.05. The Morgan fingerprint density at radius 2 is 1.73 bits per heavy atom. The van der Waals surface area contributed by atoms with Crippen molar-refractivity contribution < 1.29 is 5.02 Å². The molecule has 0 aliphatic heterocycles. The van der Waals surface area contributed by atoms with Gasteiger partial charge >= 0.3 is 7.48 Å². The quantitative estimate of drug-likeness (QED) is 0.619. The third-order valence-corrected chi connectivity index (χ3v) is 1.75. The first-order valence-electron chi connectivity index (χ1n) is 3.81. The number of rotatable bonds is 2. The summed E-state index contributed by atoms with van der Waals surface area (Å²) in [5.41, 5.74) is 2.16. The van der Waals surface area contributed by atoms with Crippen LogP contribution in [-0.2, 0) is 0 Å². The second-order valence-electron chi connectivity index (χ2n) is 2.95. The summed E-state index contributed by atoms with van der Waals surface area (Å²) < 4.78 is 0. The molecule has 57 valence electrons. The minimum Gasteiger partial charge on any atom is -0.450 e. The molecule has 0 amide bonds. The zero-order valence-corrected chi connectivity index (χ0v) is 6.91. The highest BCUT2D eigenvalue weighted by atomic mass is 16.2. The van der Waals surface area contributed by atoms with Crippen LogP contribution in [-0.4, -0.2) is 12.5 Å². The van der Waals surface area contributed by atoms with Crippen molar-refractivity contribution in [3.05, 3.63) is 29.8 Å². The van der Waals surface area contributed by atoms with Crippen molar-refractivity contribution in [2.24, 2.45) is 0 Å². The lowest BCUT2D eigenvalue weighted by Gasteiger charge is -2.04. The Labute approximate surface area is 68.3 Å². The second-order valence-corrected chi connectivity index (χ2v) is 2.95. The molecule has 0 atom stereocenters. The minimum atomic E-state index is 0.558. The normalized spacial score (nSPS) is 10.2. The molecule has 0 heterocycles. The van der Waals surface area contributed by atoms with Crippen LogP contribution in [0.1, 0.15) is 25.3 Å². The molecular weight excluding hydrogens is 135 g/mol. The average molecular weight is 147 g/mol. The summed E-state index contributed by atoms with van der Waals surface area (Å²) in [6.07, 6.45) is 0. The van der Waals surface area contributed by atoms with Gasteiger partial charge in [-0.2, -0.15) is 0 Å². The summed E-state index contributed by atoms with van der Waals surface area (Å²) >= 11 is 0. The summed E-state index contributed by atoms with van der Waals surface area (Å²) in [6.45, 7) is 4.30. The van der Waals surface area contributed by atoms with E-state index in [-0.39, 0.29) is 0 Å². The van der Waals surface area contributed by atoms with Gasteiger partial charge in [0.05, 0.1) is 0 Å². The van der Waals surface area contributed by atoms with Crippen LogP contribution in [0.5, 0.6) is 0 Å². The maximum absolute atomic E-state index is 8.64. The molecule has 0 aromatic heterocycles. The van der Waals surface area contributed by atoms with Crippen LogP contribution < -0.4 is 5.46 Å². The van der Waals surface area contributed by atoms with E-state index < -0.39 is 0 Å². The van der Waals surface area contributed by atoms with E-state index >= 15 is 0 Å². The molecule has 0 aliphatic carbocycles. The van der Waals surface area contributed by atoms with E-state index in [4.69, 9.17) is 5.02 Å². The molecule has 1 nitrogen and oxygen atoms in total. The van der Waals surface area contributed by atoms with Crippen molar-refractivity contribution >= 4 is 12.9 Å². The van der Waals surface area contributed by atoms with Crippen LogP contribution in [0.15, 0.2) is 24.3 Å². The Morgan fingerprint density at radius 3 is 2.09 bits per heavy atom. The maximum atomic E-state index is 8.64. The molecule has 0 aliphatic rings. The molecule has 1 radical (unpaired) electrons. The van der Waals surface area contributed by atoms with Crippen LogP contribution in [0, 0.1) is 0 Å². The van der Waals surface area contributed by atoms with Gasteiger partial charge in [0.25, 0.3) is 0 Å². The molecule has 0 saturated carbocycles. The van der Waals surface area contributed by atoms with Gasteiger partial charge in [0.1, 0.15) is 0 Å². The lowest BCUT2D eigenvalue weighted by molar-refractivity contribution is 0.615. The third-order valence-electron chi connectivity index (χ3n) is 1.75. The van der Waals surface area contributed by atoms with Crippen molar-refractivity contribution in [3.63, 3.8) is 0 Å². The predicted octanol–water partition coefficient (Wildman–Crippen LogP) is 1.05. The van der Waals surface area contributed by atoms with Gasteiger partial charge < -0.3 is 5.02 Å². The molecule has 1 aromatic carbocycles. The lowest BCUT2D eigenvalue weighted by Crippen LogP contribution is -2.12. The van der Waals surface area contributed by atoms with Crippen molar-refractivity contribution in [3.8, 4) is 0 Å². The van der Waals surface area contributed by atoms with Crippen LogP contribution in [0.2, 0.25) is 0 Å². The fourth-order valence-electron chi connectivity index (χ4n) is 0.967. The van der Waals surface area contributed by atoms with Crippen LogP contribution in [0.25, 0.3) is 0 Å². The Kier molecular flexibility index (Phi) is 2.72. The second kappa shape index (κ2) is 3.58. The summed E-state index contributed by atoms with van der Waals surface area (Å²) in [6, 6.07) is 7.89. The topological polar surface area (TPSA) is 20.2 Å². The van der Waals surface area contributed by atoms with Gasteiger partial charge in [0, 0.05) is 0 Å². The van der Waals surface area contributed by atoms with Crippen molar-refractivity contribution in [1.82, 2.24) is 0 Å². The standard InChI is InChI=1S/C9H12BO/c1-7(2)8-3-5-9(10-11)6-4-8/h3-7,11H,1-2H3. The Morgan fingerprint density at radius 1 is 1.18 bits per heavy atom. The highest BCUT2D eigenvalue weighted by molar-refractivity contribution is 6.45. The van der Waals surface area contributed by atoms with Crippen LogP contribution >= 0.6 is 0 Å². The van der Waals surface area contributed by atoms with E-state index in [0.29, 0.717) is 5.92 Å². The molecule has 2 heteroatoms. The van der Waals surface area contributed by atoms with E-state index in [1.165, 1.54) is 5.56 Å². The smallest absolute Gasteiger partial charge is 0.326 e. The predicted molar refractivity (Wildman–Crippen MR) is 48.1 cm³/mol. The highest BCUT2D eigenvalue weighted by Gasteiger charge is 1.98. The highest BCUT2D eigenvalue weighted by Crippen LogP contribution is 2.11. The Bertz CT molecular complexity index is 216. The molecule has 1 aromatic rings. The van der Waals surface area contributed by atoms with Crippen LogP contribution in [0.4, 0.5) is 0 Å². The molecule has 0 bridgehead atoms. The Hall–Kier alpha value is -0.755. The molecule has 0 spiro atoms. The molecule has 0 saturated heterocycles. The summed E-state index contributed by atoms with van der Waals surface area (Å²) in [5.74, 6) is 0.558. The van der Waals surface area contributed by atoms with Crippen molar-refractivity contribution in [2.75, 3.05) is 0 Å². The first kappa shape index (κ1) is 8.34. The first-order valence-corrected chi connectivity index (χ1v) is 3.81. The van der Waals surface area contributed by atoms with Gasteiger partial charge in [-0.1, -0.05) is 43.6 Å². The number of benzene rings is 1. The fourth-order valence-corrected chi connectivity index (χ4v) is 0.967. The zero-order valence-electron chi connectivity index (χ0n) is 6.91. The van der Waals surface area contributed by atoms with E-state index in [0.717, 1.165) is 12.9 Å². The maximum Gasteiger partial charge on any atom is 0.326 e. The van der Waals surface area contributed by atoms with E-state index in [1.807, 2.05) is 24.3 Å². The minimum absolute atomic E-state index is 0.558. The molecule has 1 N–H and O–H groups in total. The Balaban J connectivity index is 2.83.